The molecule has 0 aliphatic carbocycles. The molecule has 2 heterocycles. The van der Waals surface area contributed by atoms with Crippen LogP contribution in [0.15, 0.2) is 11.7 Å². The first-order valence-electron chi connectivity index (χ1n) is 6.31. The highest BCUT2D eigenvalue weighted by Crippen LogP contribution is 2.10. The summed E-state index contributed by atoms with van der Waals surface area (Å²) in [6, 6.07) is 0. The number of thiazole rings is 1. The molecular weight excluding hydrogens is 294 g/mol. The topological polar surface area (TPSA) is 48.1 Å². The number of nitrogens with zero attached hydrogens (tertiary/aromatic N) is 5. The van der Waals surface area contributed by atoms with Crippen LogP contribution >= 0.6 is 23.6 Å². The fraction of sp³-hybridized carbons (Fsp3) is 0.583. The van der Waals surface area contributed by atoms with Crippen LogP contribution in [0.3, 0.4) is 0 Å². The fourth-order valence-corrected chi connectivity index (χ4v) is 2.69. The molecule has 0 radical (unpaired) electrons. The van der Waals surface area contributed by atoms with Crippen molar-refractivity contribution in [1.29, 1.82) is 0 Å². The zero-order valence-electron chi connectivity index (χ0n) is 11.9. The van der Waals surface area contributed by atoms with E-state index in [1.165, 1.54) is 0 Å². The zero-order chi connectivity index (χ0) is 14.5. The summed E-state index contributed by atoms with van der Waals surface area (Å²) >= 11 is 7.06. The number of rotatable bonds is 7. The number of ether oxygens (including phenoxy) is 1. The Balaban J connectivity index is 1.95. The maximum Gasteiger partial charge on any atom is 0.198 e. The molecule has 0 amide bonds. The molecule has 0 aromatic carbocycles. The Morgan fingerprint density at radius 3 is 2.95 bits per heavy atom. The third-order valence-electron chi connectivity index (χ3n) is 2.81. The molecule has 0 aliphatic rings. The Hall–Kier alpha value is -1.09. The van der Waals surface area contributed by atoms with Crippen molar-refractivity contribution >= 4 is 23.6 Å². The second-order valence-electron chi connectivity index (χ2n) is 4.61. The van der Waals surface area contributed by atoms with Crippen LogP contribution in [0.25, 0.3) is 0 Å². The Labute approximate surface area is 127 Å². The van der Waals surface area contributed by atoms with Gasteiger partial charge in [0.15, 0.2) is 4.77 Å². The van der Waals surface area contributed by atoms with Gasteiger partial charge in [0.25, 0.3) is 0 Å². The van der Waals surface area contributed by atoms with E-state index in [9.17, 15) is 0 Å². The van der Waals surface area contributed by atoms with E-state index < -0.39 is 0 Å². The highest BCUT2D eigenvalue weighted by molar-refractivity contribution is 7.71. The first-order chi connectivity index (χ1) is 9.60. The monoisotopic (exact) mass is 313 g/mol. The van der Waals surface area contributed by atoms with Gasteiger partial charge in [0.1, 0.15) is 6.33 Å². The first-order valence-corrected chi connectivity index (χ1v) is 7.59. The van der Waals surface area contributed by atoms with Crippen LogP contribution in [0.4, 0.5) is 0 Å². The lowest BCUT2D eigenvalue weighted by Crippen LogP contribution is -2.23. The van der Waals surface area contributed by atoms with Gasteiger partial charge in [0, 0.05) is 25.6 Å². The Morgan fingerprint density at radius 1 is 1.50 bits per heavy atom. The number of methoxy groups -OCH3 is 1. The average molecular weight is 313 g/mol. The molecule has 0 bridgehead atoms. The third kappa shape index (κ3) is 3.95. The Kier molecular flexibility index (Phi) is 5.41. The summed E-state index contributed by atoms with van der Waals surface area (Å²) in [7, 11) is 3.71. The van der Waals surface area contributed by atoms with Crippen molar-refractivity contribution in [3.63, 3.8) is 0 Å². The second kappa shape index (κ2) is 7.07. The summed E-state index contributed by atoms with van der Waals surface area (Å²) in [6.45, 7) is 4.81. The van der Waals surface area contributed by atoms with E-state index in [4.69, 9.17) is 17.0 Å². The van der Waals surface area contributed by atoms with E-state index >= 15 is 0 Å². The first kappa shape index (κ1) is 15.3. The molecule has 0 saturated heterocycles. The van der Waals surface area contributed by atoms with Crippen molar-refractivity contribution in [1.82, 2.24) is 24.2 Å². The molecule has 2 aromatic rings. The summed E-state index contributed by atoms with van der Waals surface area (Å²) in [4.78, 5) is 6.60. The number of hydrogen-bond acceptors (Lipinski definition) is 6. The molecule has 20 heavy (non-hydrogen) atoms. The molecule has 0 atom stereocenters. The summed E-state index contributed by atoms with van der Waals surface area (Å²) in [5.41, 5.74) is 1.08. The van der Waals surface area contributed by atoms with Crippen LogP contribution in [0, 0.1) is 11.7 Å². The smallest absolute Gasteiger partial charge is 0.198 e. The van der Waals surface area contributed by atoms with E-state index in [2.05, 4.69) is 20.4 Å². The molecule has 0 aliphatic heterocycles. The lowest BCUT2D eigenvalue weighted by molar-refractivity contribution is 0.186. The molecule has 0 unspecified atom stereocenters. The molecule has 0 N–H and O–H groups in total. The quantitative estimate of drug-likeness (QED) is 0.731. The van der Waals surface area contributed by atoms with Gasteiger partial charge >= 0.3 is 0 Å². The predicted molar refractivity (Wildman–Crippen MR) is 81.2 cm³/mol. The van der Waals surface area contributed by atoms with Crippen LogP contribution in [0.2, 0.25) is 0 Å². The van der Waals surface area contributed by atoms with Gasteiger partial charge < -0.3 is 9.30 Å². The standard InChI is InChI=1S/C12H19N5OS2/c1-10-14-11(7-20-10)6-15(2)9-17-12(19)16(8-13-17)4-5-18-3/h7-8H,4-6,9H2,1-3H3. The molecular formula is C12H19N5OS2. The van der Waals surface area contributed by atoms with E-state index in [0.29, 0.717) is 18.0 Å². The lowest BCUT2D eigenvalue weighted by atomic mass is 10.4. The van der Waals surface area contributed by atoms with Gasteiger partial charge in [0.05, 0.1) is 24.0 Å². The van der Waals surface area contributed by atoms with Gasteiger partial charge in [-0.05, 0) is 26.2 Å². The normalized spacial score (nSPS) is 11.4. The molecule has 0 fully saturated rings. The molecule has 110 valence electrons. The third-order valence-corrected chi connectivity index (χ3v) is 4.07. The van der Waals surface area contributed by atoms with Crippen molar-refractivity contribution in [3.8, 4) is 0 Å². The molecule has 8 heteroatoms. The fourth-order valence-electron chi connectivity index (χ4n) is 1.85. The predicted octanol–water partition coefficient (Wildman–Crippen LogP) is 1.91. The van der Waals surface area contributed by atoms with E-state index in [1.54, 1.807) is 24.8 Å². The molecule has 2 aromatic heterocycles. The minimum Gasteiger partial charge on any atom is -0.383 e. The van der Waals surface area contributed by atoms with Gasteiger partial charge in [-0.2, -0.15) is 5.10 Å². The van der Waals surface area contributed by atoms with Crippen LogP contribution in [-0.4, -0.2) is 45.0 Å². The number of aryl methyl sites for hydroxylation is 1. The van der Waals surface area contributed by atoms with E-state index in [-0.39, 0.29) is 0 Å². The van der Waals surface area contributed by atoms with Crippen LogP contribution < -0.4 is 0 Å². The molecule has 0 spiro atoms. The van der Waals surface area contributed by atoms with Crippen LogP contribution in [0.5, 0.6) is 0 Å². The van der Waals surface area contributed by atoms with Gasteiger partial charge in [-0.3, -0.25) is 4.90 Å². The highest BCUT2D eigenvalue weighted by Gasteiger charge is 2.07. The van der Waals surface area contributed by atoms with Crippen molar-refractivity contribution in [3.05, 3.63) is 27.2 Å². The summed E-state index contributed by atoms with van der Waals surface area (Å²) < 4.78 is 9.49. The van der Waals surface area contributed by atoms with Crippen LogP contribution in [-0.2, 0) is 24.5 Å². The largest absolute Gasteiger partial charge is 0.383 e. The van der Waals surface area contributed by atoms with Crippen molar-refractivity contribution < 1.29 is 4.74 Å². The number of aromatic nitrogens is 4. The highest BCUT2D eigenvalue weighted by atomic mass is 32.1. The summed E-state index contributed by atoms with van der Waals surface area (Å²) in [5, 5.41) is 7.49. The van der Waals surface area contributed by atoms with E-state index in [0.717, 1.165) is 23.8 Å². The Bertz CT molecular complexity index is 603. The Morgan fingerprint density at radius 2 is 2.30 bits per heavy atom. The molecule has 6 nitrogen and oxygen atoms in total. The van der Waals surface area contributed by atoms with Gasteiger partial charge in [0.2, 0.25) is 0 Å². The molecule has 2 rings (SSSR count). The SMILES string of the molecule is COCCn1cnn(CN(C)Cc2csc(C)n2)c1=S. The summed E-state index contributed by atoms with van der Waals surface area (Å²) in [6.07, 6.45) is 1.75. The van der Waals surface area contributed by atoms with E-state index in [1.807, 2.05) is 23.2 Å². The van der Waals surface area contributed by atoms with Gasteiger partial charge in [-0.25, -0.2) is 9.67 Å². The van der Waals surface area contributed by atoms with Gasteiger partial charge in [-0.1, -0.05) is 0 Å². The maximum atomic E-state index is 5.39. The van der Waals surface area contributed by atoms with Crippen molar-refractivity contribution in [2.24, 2.45) is 0 Å². The minimum absolute atomic E-state index is 0.633. The zero-order valence-corrected chi connectivity index (χ0v) is 13.6. The lowest BCUT2D eigenvalue weighted by Gasteiger charge is -2.14. The van der Waals surface area contributed by atoms with Crippen LogP contribution in [0.1, 0.15) is 10.7 Å². The second-order valence-corrected chi connectivity index (χ2v) is 6.04. The average Bonchev–Trinajstić information content (AvgIpc) is 2.95. The summed E-state index contributed by atoms with van der Waals surface area (Å²) in [5.74, 6) is 0. The van der Waals surface area contributed by atoms with Gasteiger partial charge in [-0.15, -0.1) is 11.3 Å². The minimum atomic E-state index is 0.633. The maximum absolute atomic E-state index is 5.39. The molecule has 0 saturated carbocycles. The number of hydrogen-bond donors (Lipinski definition) is 0. The van der Waals surface area contributed by atoms with Crippen molar-refractivity contribution in [2.45, 2.75) is 26.7 Å². The van der Waals surface area contributed by atoms with Crippen molar-refractivity contribution in [2.75, 3.05) is 20.8 Å².